The molecule has 1 saturated carbocycles. The van der Waals surface area contributed by atoms with Crippen molar-refractivity contribution in [1.82, 2.24) is 0 Å². The highest BCUT2D eigenvalue weighted by atomic mass is 19.3. The topological polar surface area (TPSA) is 69.4 Å². The number of methoxy groups -OCH3 is 1. The molecule has 1 fully saturated rings. The van der Waals surface area contributed by atoms with E-state index in [2.05, 4.69) is 4.74 Å². The van der Waals surface area contributed by atoms with E-state index >= 15 is 0 Å². The van der Waals surface area contributed by atoms with Gasteiger partial charge < -0.3 is 4.74 Å². The highest BCUT2D eigenvalue weighted by Crippen LogP contribution is 2.40. The van der Waals surface area contributed by atoms with E-state index in [0.717, 1.165) is 0 Å². The molecule has 0 aromatic rings. The fourth-order valence-electron chi connectivity index (χ4n) is 2.40. The minimum Gasteiger partial charge on any atom is -0.469 e. The van der Waals surface area contributed by atoms with E-state index in [1.807, 2.05) is 0 Å². The maximum Gasteiger partial charge on any atom is 0.306 e. The van der Waals surface area contributed by atoms with E-state index < -0.39 is 22.7 Å². The summed E-state index contributed by atoms with van der Waals surface area (Å²) < 4.78 is 30.5. The number of rotatable bonds is 5. The van der Waals surface area contributed by atoms with Crippen molar-refractivity contribution in [3.05, 3.63) is 10.1 Å². The number of halogens is 2. The van der Waals surface area contributed by atoms with Crippen molar-refractivity contribution in [1.29, 1.82) is 0 Å². The van der Waals surface area contributed by atoms with Gasteiger partial charge in [-0.2, -0.15) is 0 Å². The molecule has 0 aliphatic heterocycles. The molecule has 0 bridgehead atoms. The third kappa shape index (κ3) is 4.54. The second-order valence-corrected chi connectivity index (χ2v) is 4.75. The van der Waals surface area contributed by atoms with Crippen LogP contribution in [-0.4, -0.2) is 30.5 Å². The average molecular weight is 265 g/mol. The standard InChI is InChI=1S/C11H17F2NO4/c1-18-10(15)6-9(7-14(16)17)8-2-4-11(12,13)5-3-8/h8-9H,2-7H2,1H3. The third-order valence-corrected chi connectivity index (χ3v) is 3.47. The highest BCUT2D eigenvalue weighted by Gasteiger charge is 2.39. The van der Waals surface area contributed by atoms with Crippen LogP contribution in [0.1, 0.15) is 32.1 Å². The predicted octanol–water partition coefficient (Wildman–Crippen LogP) is 2.27. The lowest BCUT2D eigenvalue weighted by Gasteiger charge is -2.31. The van der Waals surface area contributed by atoms with Crippen LogP contribution in [-0.2, 0) is 9.53 Å². The first-order chi connectivity index (χ1) is 8.34. The zero-order chi connectivity index (χ0) is 13.8. The summed E-state index contributed by atoms with van der Waals surface area (Å²) in [6.07, 6.45) is -0.140. The van der Waals surface area contributed by atoms with E-state index in [1.165, 1.54) is 7.11 Å². The second kappa shape index (κ2) is 6.06. The van der Waals surface area contributed by atoms with Crippen molar-refractivity contribution >= 4 is 5.97 Å². The second-order valence-electron chi connectivity index (χ2n) is 4.75. The van der Waals surface area contributed by atoms with Gasteiger partial charge in [0.2, 0.25) is 12.5 Å². The van der Waals surface area contributed by atoms with Gasteiger partial charge in [-0.05, 0) is 18.8 Å². The zero-order valence-corrected chi connectivity index (χ0v) is 10.2. The molecular weight excluding hydrogens is 248 g/mol. The van der Waals surface area contributed by atoms with E-state index in [9.17, 15) is 23.7 Å². The maximum absolute atomic E-state index is 13.0. The Kier molecular flexibility index (Phi) is 4.98. The Labute approximate surface area is 104 Å². The molecule has 1 rings (SSSR count). The average Bonchev–Trinajstić information content (AvgIpc) is 2.27. The third-order valence-electron chi connectivity index (χ3n) is 3.47. The number of hydrogen-bond donors (Lipinski definition) is 0. The number of hydrogen-bond acceptors (Lipinski definition) is 4. The molecule has 18 heavy (non-hydrogen) atoms. The Morgan fingerprint density at radius 2 is 2.06 bits per heavy atom. The number of nitro groups is 1. The van der Waals surface area contributed by atoms with Gasteiger partial charge in [0.25, 0.3) is 0 Å². The number of carbonyl (C=O) groups excluding carboxylic acids is 1. The number of nitrogens with zero attached hydrogens (tertiary/aromatic N) is 1. The van der Waals surface area contributed by atoms with Crippen molar-refractivity contribution < 1.29 is 23.2 Å². The molecule has 0 N–H and O–H groups in total. The number of carbonyl (C=O) groups is 1. The fourth-order valence-corrected chi connectivity index (χ4v) is 2.40. The van der Waals surface area contributed by atoms with E-state index in [1.54, 1.807) is 0 Å². The molecule has 1 aliphatic rings. The summed E-state index contributed by atoms with van der Waals surface area (Å²) in [5.74, 6) is -3.90. The van der Waals surface area contributed by atoms with Gasteiger partial charge in [-0.15, -0.1) is 0 Å². The minimum atomic E-state index is -2.67. The van der Waals surface area contributed by atoms with Crippen LogP contribution in [0.5, 0.6) is 0 Å². The van der Waals surface area contributed by atoms with Crippen LogP contribution in [0.15, 0.2) is 0 Å². The highest BCUT2D eigenvalue weighted by molar-refractivity contribution is 5.69. The summed E-state index contributed by atoms with van der Waals surface area (Å²) in [5, 5.41) is 10.6. The molecule has 5 nitrogen and oxygen atoms in total. The SMILES string of the molecule is COC(=O)CC(C[N+](=O)[O-])C1CCC(F)(F)CC1. The lowest BCUT2D eigenvalue weighted by atomic mass is 9.77. The van der Waals surface area contributed by atoms with Crippen LogP contribution in [0.3, 0.4) is 0 Å². The lowest BCUT2D eigenvalue weighted by Crippen LogP contribution is -2.32. The molecule has 104 valence electrons. The molecule has 0 aromatic heterocycles. The first-order valence-electron chi connectivity index (χ1n) is 5.90. The summed E-state index contributed by atoms with van der Waals surface area (Å²) in [4.78, 5) is 21.2. The van der Waals surface area contributed by atoms with Crippen molar-refractivity contribution in [2.24, 2.45) is 11.8 Å². The number of esters is 1. The van der Waals surface area contributed by atoms with Gasteiger partial charge >= 0.3 is 5.97 Å². The lowest BCUT2D eigenvalue weighted by molar-refractivity contribution is -0.490. The van der Waals surface area contributed by atoms with Gasteiger partial charge in [-0.1, -0.05) is 0 Å². The summed E-state index contributed by atoms with van der Waals surface area (Å²) in [6.45, 7) is -0.370. The Bertz CT molecular complexity index is 312. The molecule has 1 unspecified atom stereocenters. The van der Waals surface area contributed by atoms with Crippen LogP contribution in [0.25, 0.3) is 0 Å². The fraction of sp³-hybridized carbons (Fsp3) is 0.909. The maximum atomic E-state index is 13.0. The van der Waals surface area contributed by atoms with Crippen LogP contribution in [0.4, 0.5) is 8.78 Å². The van der Waals surface area contributed by atoms with Gasteiger partial charge in [0.1, 0.15) is 0 Å². The van der Waals surface area contributed by atoms with Crippen LogP contribution in [0.2, 0.25) is 0 Å². The van der Waals surface area contributed by atoms with Crippen LogP contribution >= 0.6 is 0 Å². The molecule has 0 amide bonds. The molecule has 0 saturated heterocycles. The molecule has 0 spiro atoms. The van der Waals surface area contributed by atoms with E-state index in [-0.39, 0.29) is 44.6 Å². The van der Waals surface area contributed by atoms with Gasteiger partial charge in [0.15, 0.2) is 0 Å². The summed E-state index contributed by atoms with van der Waals surface area (Å²) >= 11 is 0. The molecule has 0 radical (unpaired) electrons. The Morgan fingerprint density at radius 1 is 1.50 bits per heavy atom. The first-order valence-corrected chi connectivity index (χ1v) is 5.90. The van der Waals surface area contributed by atoms with Gasteiger partial charge in [0, 0.05) is 23.7 Å². The van der Waals surface area contributed by atoms with Crippen molar-refractivity contribution in [3.63, 3.8) is 0 Å². The first kappa shape index (κ1) is 14.8. The normalized spacial score (nSPS) is 21.3. The molecule has 1 atom stereocenters. The van der Waals surface area contributed by atoms with E-state index in [4.69, 9.17) is 0 Å². The van der Waals surface area contributed by atoms with Crippen LogP contribution in [0, 0.1) is 22.0 Å². The van der Waals surface area contributed by atoms with Crippen molar-refractivity contribution in [2.75, 3.05) is 13.7 Å². The summed E-state index contributed by atoms with van der Waals surface area (Å²) in [6, 6.07) is 0. The minimum absolute atomic E-state index is 0.0757. The molecule has 7 heteroatoms. The van der Waals surface area contributed by atoms with Gasteiger partial charge in [-0.25, -0.2) is 8.78 Å². The van der Waals surface area contributed by atoms with E-state index in [0.29, 0.717) is 0 Å². The Morgan fingerprint density at radius 3 is 2.50 bits per heavy atom. The molecule has 0 heterocycles. The summed E-state index contributed by atoms with van der Waals surface area (Å²) in [5.41, 5.74) is 0. The zero-order valence-electron chi connectivity index (χ0n) is 10.2. The number of alkyl halides is 2. The predicted molar refractivity (Wildman–Crippen MR) is 58.9 cm³/mol. The monoisotopic (exact) mass is 265 g/mol. The molecular formula is C11H17F2NO4. The molecule has 1 aliphatic carbocycles. The van der Waals surface area contributed by atoms with Crippen molar-refractivity contribution in [2.45, 2.75) is 38.0 Å². The number of ether oxygens (including phenoxy) is 1. The smallest absolute Gasteiger partial charge is 0.306 e. The van der Waals surface area contributed by atoms with Gasteiger partial charge in [0.05, 0.1) is 13.5 Å². The molecule has 0 aromatic carbocycles. The summed E-state index contributed by atoms with van der Waals surface area (Å²) in [7, 11) is 1.21. The largest absolute Gasteiger partial charge is 0.469 e. The van der Waals surface area contributed by atoms with Gasteiger partial charge in [-0.3, -0.25) is 14.9 Å². The Balaban J connectivity index is 2.60. The Hall–Kier alpha value is -1.27. The van der Waals surface area contributed by atoms with Crippen LogP contribution < -0.4 is 0 Å². The van der Waals surface area contributed by atoms with Crippen molar-refractivity contribution in [3.8, 4) is 0 Å². The quantitative estimate of drug-likeness (QED) is 0.434.